The molecule has 0 heterocycles. The fourth-order valence-electron chi connectivity index (χ4n) is 5.98. The molecule has 0 atom stereocenters. The normalized spacial score (nSPS) is 33.3. The lowest BCUT2D eigenvalue weighted by Gasteiger charge is -2.60. The van der Waals surface area contributed by atoms with Crippen LogP contribution in [0.3, 0.4) is 0 Å². The Morgan fingerprint density at radius 2 is 1.88 bits per heavy atom. The first-order valence-electron chi connectivity index (χ1n) is 9.49. The van der Waals surface area contributed by atoms with Gasteiger partial charge in [0.1, 0.15) is 0 Å². The Morgan fingerprint density at radius 3 is 2.48 bits per heavy atom. The van der Waals surface area contributed by atoms with Crippen molar-refractivity contribution >= 4 is 12.0 Å². The number of carbonyl (C=O) groups excluding carboxylic acids is 1. The summed E-state index contributed by atoms with van der Waals surface area (Å²) in [6.07, 6.45) is 11.6. The van der Waals surface area contributed by atoms with Gasteiger partial charge in [0.15, 0.2) is 0 Å². The van der Waals surface area contributed by atoms with Crippen molar-refractivity contribution in [2.24, 2.45) is 17.8 Å². The zero-order valence-corrected chi connectivity index (χ0v) is 14.9. The molecule has 1 aromatic rings. The molecule has 2 N–H and O–H groups in total. The Labute approximate surface area is 149 Å². The van der Waals surface area contributed by atoms with Crippen LogP contribution in [0.25, 0.3) is 6.08 Å². The predicted molar refractivity (Wildman–Crippen MR) is 97.8 cm³/mol. The maximum absolute atomic E-state index is 11.2. The van der Waals surface area contributed by atoms with Crippen molar-refractivity contribution in [3.05, 3.63) is 41.5 Å². The molecule has 1 aromatic carbocycles. The number of benzene rings is 1. The van der Waals surface area contributed by atoms with Gasteiger partial charge in [-0.1, -0.05) is 24.3 Å². The number of hydrogen-bond acceptors (Lipinski definition) is 3. The molecule has 4 saturated carbocycles. The minimum atomic E-state index is -0.504. The summed E-state index contributed by atoms with van der Waals surface area (Å²) in [7, 11) is 2.30. The number of nitrogens with one attached hydrogen (secondary N) is 1. The van der Waals surface area contributed by atoms with Crippen LogP contribution in [-0.2, 0) is 11.3 Å². The molecular weight excluding hydrogens is 312 g/mol. The minimum Gasteiger partial charge on any atom is -0.296 e. The Bertz CT molecular complexity index is 647. The summed E-state index contributed by atoms with van der Waals surface area (Å²) in [5, 5.41) is 8.58. The van der Waals surface area contributed by atoms with Gasteiger partial charge in [0.05, 0.1) is 0 Å². The number of rotatable bonds is 5. The first kappa shape index (κ1) is 16.8. The molecule has 0 unspecified atom stereocenters. The maximum Gasteiger partial charge on any atom is 0.267 e. The molecule has 0 spiro atoms. The molecule has 0 saturated heterocycles. The van der Waals surface area contributed by atoms with Gasteiger partial charge in [0.2, 0.25) is 0 Å². The second-order valence-electron chi connectivity index (χ2n) is 8.55. The quantitative estimate of drug-likeness (QED) is 0.489. The zero-order valence-electron chi connectivity index (χ0n) is 14.9. The van der Waals surface area contributed by atoms with Crippen LogP contribution in [0.1, 0.15) is 49.7 Å². The molecule has 0 radical (unpaired) electrons. The fraction of sp³-hybridized carbons (Fsp3) is 0.571. The molecule has 4 nitrogen and oxygen atoms in total. The van der Waals surface area contributed by atoms with E-state index in [9.17, 15) is 4.79 Å². The molecule has 0 aromatic heterocycles. The molecule has 4 fully saturated rings. The van der Waals surface area contributed by atoms with Gasteiger partial charge in [-0.15, -0.1) is 0 Å². The van der Waals surface area contributed by atoms with Gasteiger partial charge in [-0.25, -0.2) is 5.48 Å². The van der Waals surface area contributed by atoms with E-state index in [4.69, 9.17) is 5.21 Å². The van der Waals surface area contributed by atoms with Crippen LogP contribution in [0.2, 0.25) is 0 Å². The van der Waals surface area contributed by atoms with Crippen molar-refractivity contribution in [3.63, 3.8) is 0 Å². The van der Waals surface area contributed by atoms with Crippen molar-refractivity contribution in [2.45, 2.75) is 50.6 Å². The first-order chi connectivity index (χ1) is 12.1. The molecule has 0 aliphatic heterocycles. The first-order valence-corrected chi connectivity index (χ1v) is 9.49. The SMILES string of the molecule is CN(Cc1cccc(/C=C/C(=O)NO)c1)C12CC3CC(CC(C3)C1)C2. The summed E-state index contributed by atoms with van der Waals surface area (Å²) in [6, 6.07) is 8.33. The molecule has 1 amide bonds. The largest absolute Gasteiger partial charge is 0.296 e. The molecule has 4 heteroatoms. The smallest absolute Gasteiger partial charge is 0.267 e. The molecule has 4 aliphatic rings. The van der Waals surface area contributed by atoms with E-state index in [1.165, 1.54) is 50.2 Å². The second kappa shape index (κ2) is 6.58. The topological polar surface area (TPSA) is 52.6 Å². The van der Waals surface area contributed by atoms with E-state index in [0.717, 1.165) is 29.9 Å². The van der Waals surface area contributed by atoms with Crippen LogP contribution in [0.4, 0.5) is 0 Å². The highest BCUT2D eigenvalue weighted by atomic mass is 16.5. The lowest BCUT2D eigenvalue weighted by molar-refractivity contribution is -0.124. The second-order valence-corrected chi connectivity index (χ2v) is 8.55. The molecule has 4 aliphatic carbocycles. The van der Waals surface area contributed by atoms with Crippen molar-refractivity contribution in [1.29, 1.82) is 0 Å². The van der Waals surface area contributed by atoms with Crippen LogP contribution in [0.15, 0.2) is 30.3 Å². The standard InChI is InChI=1S/C21H28N2O2/c1-23(21-11-17-8-18(12-21)10-19(9-17)13-21)14-16-4-2-3-15(7-16)5-6-20(24)22-25/h2-7,17-19,25H,8-14H2,1H3,(H,22,24)/b6-5+. The van der Waals surface area contributed by atoms with E-state index in [2.05, 4.69) is 24.1 Å². The van der Waals surface area contributed by atoms with Crippen molar-refractivity contribution in [1.82, 2.24) is 10.4 Å². The summed E-state index contributed by atoms with van der Waals surface area (Å²) in [6.45, 7) is 0.958. The highest BCUT2D eigenvalue weighted by molar-refractivity contribution is 5.90. The third kappa shape index (κ3) is 3.38. The highest BCUT2D eigenvalue weighted by Crippen LogP contribution is 2.57. The molecule has 5 rings (SSSR count). The van der Waals surface area contributed by atoms with Crippen LogP contribution < -0.4 is 5.48 Å². The monoisotopic (exact) mass is 340 g/mol. The Hall–Kier alpha value is -1.65. The maximum atomic E-state index is 11.2. The molecular formula is C21H28N2O2. The average molecular weight is 340 g/mol. The molecule has 134 valence electrons. The highest BCUT2D eigenvalue weighted by Gasteiger charge is 2.52. The van der Waals surface area contributed by atoms with Crippen molar-refractivity contribution in [3.8, 4) is 0 Å². The van der Waals surface area contributed by atoms with Gasteiger partial charge in [0, 0.05) is 18.2 Å². The van der Waals surface area contributed by atoms with Crippen molar-refractivity contribution < 1.29 is 10.0 Å². The number of nitrogens with zero attached hydrogens (tertiary/aromatic N) is 1. The summed E-state index contributed by atoms with van der Waals surface area (Å²) in [5.74, 6) is 2.37. The Morgan fingerprint density at radius 1 is 1.24 bits per heavy atom. The lowest BCUT2D eigenvalue weighted by Crippen LogP contribution is -2.58. The summed E-state index contributed by atoms with van der Waals surface area (Å²) >= 11 is 0. The van der Waals surface area contributed by atoms with Crippen LogP contribution in [-0.4, -0.2) is 28.6 Å². The van der Waals surface area contributed by atoms with Gasteiger partial charge in [-0.3, -0.25) is 14.9 Å². The van der Waals surface area contributed by atoms with E-state index in [1.807, 2.05) is 12.1 Å². The van der Waals surface area contributed by atoms with Crippen LogP contribution >= 0.6 is 0 Å². The van der Waals surface area contributed by atoms with E-state index in [-0.39, 0.29) is 0 Å². The van der Waals surface area contributed by atoms with Gasteiger partial charge in [-0.05, 0) is 80.5 Å². The van der Waals surface area contributed by atoms with E-state index >= 15 is 0 Å². The Kier molecular flexibility index (Phi) is 4.42. The zero-order chi connectivity index (χ0) is 17.4. The van der Waals surface area contributed by atoms with Gasteiger partial charge in [-0.2, -0.15) is 0 Å². The van der Waals surface area contributed by atoms with Gasteiger partial charge < -0.3 is 0 Å². The summed E-state index contributed by atoms with van der Waals surface area (Å²) < 4.78 is 0. The lowest BCUT2D eigenvalue weighted by atomic mass is 9.52. The number of hydrogen-bond donors (Lipinski definition) is 2. The minimum absolute atomic E-state index is 0.414. The van der Waals surface area contributed by atoms with E-state index < -0.39 is 5.91 Å². The number of amides is 1. The summed E-state index contributed by atoms with van der Waals surface area (Å²) in [4.78, 5) is 13.8. The predicted octanol–water partition coefficient (Wildman–Crippen LogP) is 3.61. The number of hydroxylamine groups is 1. The Balaban J connectivity index is 1.47. The average Bonchev–Trinajstić information content (AvgIpc) is 2.59. The van der Waals surface area contributed by atoms with E-state index in [0.29, 0.717) is 5.54 Å². The number of carbonyl (C=O) groups is 1. The third-order valence-corrected chi connectivity index (χ3v) is 6.72. The van der Waals surface area contributed by atoms with Crippen LogP contribution in [0, 0.1) is 17.8 Å². The van der Waals surface area contributed by atoms with Gasteiger partial charge in [0.25, 0.3) is 5.91 Å². The van der Waals surface area contributed by atoms with Crippen LogP contribution in [0.5, 0.6) is 0 Å². The van der Waals surface area contributed by atoms with Crippen molar-refractivity contribution in [2.75, 3.05) is 7.05 Å². The summed E-state index contributed by atoms with van der Waals surface area (Å²) in [5.41, 5.74) is 4.30. The van der Waals surface area contributed by atoms with E-state index in [1.54, 1.807) is 11.6 Å². The fourth-order valence-corrected chi connectivity index (χ4v) is 5.98. The van der Waals surface area contributed by atoms with Gasteiger partial charge >= 0.3 is 0 Å². The molecule has 25 heavy (non-hydrogen) atoms. The third-order valence-electron chi connectivity index (χ3n) is 6.72. The molecule has 4 bridgehead atoms.